The van der Waals surface area contributed by atoms with Crippen molar-refractivity contribution >= 4 is 23.2 Å². The molecule has 0 aliphatic heterocycles. The summed E-state index contributed by atoms with van der Waals surface area (Å²) in [7, 11) is 0. The van der Waals surface area contributed by atoms with Crippen LogP contribution in [0.25, 0.3) is 0 Å². The van der Waals surface area contributed by atoms with E-state index in [2.05, 4.69) is 39.9 Å². The fourth-order valence-corrected chi connectivity index (χ4v) is 3.17. The average molecular weight is 389 g/mol. The van der Waals surface area contributed by atoms with E-state index in [0.29, 0.717) is 12.8 Å². The van der Waals surface area contributed by atoms with Crippen molar-refractivity contribution in [1.29, 1.82) is 0 Å². The molecule has 5 nitrogen and oxygen atoms in total. The van der Waals surface area contributed by atoms with Crippen LogP contribution in [-0.4, -0.2) is 29.0 Å². The second-order valence-electron chi connectivity index (χ2n) is 7.57. The second-order valence-corrected chi connectivity index (χ2v) is 8.63. The molecule has 1 amide bonds. The number of rotatable bonds is 8. The van der Waals surface area contributed by atoms with E-state index in [1.165, 1.54) is 5.56 Å². The van der Waals surface area contributed by atoms with Gasteiger partial charge < -0.3 is 10.1 Å². The molecule has 0 aliphatic rings. The lowest BCUT2D eigenvalue weighted by Gasteiger charge is -2.19. The Labute approximate surface area is 165 Å². The first-order chi connectivity index (χ1) is 12.7. The van der Waals surface area contributed by atoms with Crippen molar-refractivity contribution < 1.29 is 14.3 Å². The van der Waals surface area contributed by atoms with Crippen molar-refractivity contribution in [2.75, 3.05) is 6.54 Å². The lowest BCUT2D eigenvalue weighted by molar-refractivity contribution is -0.118. The van der Waals surface area contributed by atoms with Crippen molar-refractivity contribution in [3.05, 3.63) is 51.5 Å². The van der Waals surface area contributed by atoms with Crippen LogP contribution in [0.3, 0.4) is 0 Å². The number of Topliss-reactive ketones (excluding diaryl/α,β-unsaturated/α-hetero) is 1. The predicted octanol–water partition coefficient (Wildman–Crippen LogP) is 4.26. The number of carbonyl (C=O) groups is 2. The van der Waals surface area contributed by atoms with Crippen LogP contribution in [0.1, 0.15) is 49.0 Å². The number of hydrogen-bond acceptors (Lipinski definition) is 5. The van der Waals surface area contributed by atoms with Gasteiger partial charge in [-0.05, 0) is 58.1 Å². The summed E-state index contributed by atoms with van der Waals surface area (Å²) in [4.78, 5) is 28.0. The summed E-state index contributed by atoms with van der Waals surface area (Å²) in [5.41, 5.74) is 2.97. The molecule has 1 heterocycles. The van der Waals surface area contributed by atoms with E-state index in [1.807, 2.05) is 6.92 Å². The Bertz CT molecular complexity index is 760. The smallest absolute Gasteiger partial charge is 0.408 e. The number of carbonyl (C=O) groups excluding carboxylic acids is 2. The molecule has 1 aromatic carbocycles. The molecule has 6 heteroatoms. The molecule has 146 valence electrons. The van der Waals surface area contributed by atoms with E-state index in [9.17, 15) is 9.59 Å². The standard InChI is InChI=1S/C21H28N2O3S/c1-15-23-18(14-27-15)11-9-16-5-7-17(8-6-16)10-12-19(24)13-22-20(25)26-21(2,3)4/h5-8,14H,9-13H2,1-4H3,(H,22,25). The number of amides is 1. The highest BCUT2D eigenvalue weighted by molar-refractivity contribution is 7.09. The number of hydrogen-bond donors (Lipinski definition) is 1. The van der Waals surface area contributed by atoms with Gasteiger partial charge in [0.2, 0.25) is 0 Å². The summed E-state index contributed by atoms with van der Waals surface area (Å²) in [6.07, 6.45) is 2.41. The third-order valence-electron chi connectivity index (χ3n) is 3.88. The molecule has 0 aliphatic carbocycles. The fourth-order valence-electron chi connectivity index (χ4n) is 2.53. The van der Waals surface area contributed by atoms with Gasteiger partial charge >= 0.3 is 6.09 Å². The molecule has 0 saturated carbocycles. The van der Waals surface area contributed by atoms with Gasteiger partial charge in [0.05, 0.1) is 17.2 Å². The van der Waals surface area contributed by atoms with E-state index >= 15 is 0 Å². The van der Waals surface area contributed by atoms with E-state index in [1.54, 1.807) is 32.1 Å². The van der Waals surface area contributed by atoms with Gasteiger partial charge in [0.25, 0.3) is 0 Å². The molecule has 0 atom stereocenters. The van der Waals surface area contributed by atoms with Gasteiger partial charge in [0, 0.05) is 11.8 Å². The van der Waals surface area contributed by atoms with E-state index < -0.39 is 11.7 Å². The zero-order valence-electron chi connectivity index (χ0n) is 16.5. The normalized spacial score (nSPS) is 11.3. The number of thiazole rings is 1. The van der Waals surface area contributed by atoms with E-state index in [0.717, 1.165) is 29.1 Å². The van der Waals surface area contributed by atoms with Crippen LogP contribution in [0, 0.1) is 6.92 Å². The van der Waals surface area contributed by atoms with Crippen molar-refractivity contribution in [2.45, 2.75) is 59.0 Å². The molecule has 0 spiro atoms. The number of ether oxygens (including phenoxy) is 1. The zero-order valence-corrected chi connectivity index (χ0v) is 17.3. The molecule has 0 radical (unpaired) electrons. The third-order valence-corrected chi connectivity index (χ3v) is 4.70. The minimum Gasteiger partial charge on any atom is -0.444 e. The summed E-state index contributed by atoms with van der Waals surface area (Å²) < 4.78 is 5.11. The second kappa shape index (κ2) is 9.65. The number of alkyl carbamates (subject to hydrolysis) is 1. The molecule has 0 unspecified atom stereocenters. The van der Waals surface area contributed by atoms with Crippen LogP contribution in [0.15, 0.2) is 29.6 Å². The van der Waals surface area contributed by atoms with Crippen LogP contribution >= 0.6 is 11.3 Å². The molecule has 1 N–H and O–H groups in total. The lowest BCUT2D eigenvalue weighted by atomic mass is 10.0. The van der Waals surface area contributed by atoms with Crippen LogP contribution in [-0.2, 0) is 28.8 Å². The molecule has 27 heavy (non-hydrogen) atoms. The largest absolute Gasteiger partial charge is 0.444 e. The van der Waals surface area contributed by atoms with Gasteiger partial charge in [-0.15, -0.1) is 11.3 Å². The predicted molar refractivity (Wildman–Crippen MR) is 108 cm³/mol. The summed E-state index contributed by atoms with van der Waals surface area (Å²) in [5.74, 6) is -0.0103. The summed E-state index contributed by atoms with van der Waals surface area (Å²) >= 11 is 1.68. The molecule has 0 fully saturated rings. The molecular formula is C21H28N2O3S. The number of aryl methyl sites for hydroxylation is 4. The molecule has 2 rings (SSSR count). The van der Waals surface area contributed by atoms with Crippen LogP contribution in [0.2, 0.25) is 0 Å². The minimum atomic E-state index is -0.562. The Morgan fingerprint density at radius 2 is 1.70 bits per heavy atom. The van der Waals surface area contributed by atoms with Crippen LogP contribution in [0.4, 0.5) is 4.79 Å². The van der Waals surface area contributed by atoms with Crippen LogP contribution < -0.4 is 5.32 Å². The Morgan fingerprint density at radius 1 is 1.07 bits per heavy atom. The zero-order chi connectivity index (χ0) is 19.9. The lowest BCUT2D eigenvalue weighted by Crippen LogP contribution is -2.35. The van der Waals surface area contributed by atoms with Crippen molar-refractivity contribution in [2.24, 2.45) is 0 Å². The van der Waals surface area contributed by atoms with E-state index in [4.69, 9.17) is 4.74 Å². The maximum atomic E-state index is 11.9. The van der Waals surface area contributed by atoms with Crippen molar-refractivity contribution in [3.8, 4) is 0 Å². The van der Waals surface area contributed by atoms with Gasteiger partial charge in [0.1, 0.15) is 5.60 Å². The highest BCUT2D eigenvalue weighted by atomic mass is 32.1. The number of nitrogens with zero attached hydrogens (tertiary/aromatic N) is 1. The summed E-state index contributed by atoms with van der Waals surface area (Å²) in [6, 6.07) is 8.35. The van der Waals surface area contributed by atoms with Crippen molar-refractivity contribution in [3.63, 3.8) is 0 Å². The van der Waals surface area contributed by atoms with E-state index in [-0.39, 0.29) is 12.3 Å². The highest BCUT2D eigenvalue weighted by Gasteiger charge is 2.16. The SMILES string of the molecule is Cc1nc(CCc2ccc(CCC(=O)CNC(=O)OC(C)(C)C)cc2)cs1. The number of aromatic nitrogens is 1. The molecule has 0 saturated heterocycles. The Morgan fingerprint density at radius 3 is 2.26 bits per heavy atom. The maximum Gasteiger partial charge on any atom is 0.408 e. The van der Waals surface area contributed by atoms with Gasteiger partial charge in [-0.1, -0.05) is 24.3 Å². The number of benzene rings is 1. The average Bonchev–Trinajstić information content (AvgIpc) is 3.01. The number of ketones is 1. The quantitative estimate of drug-likeness (QED) is 0.733. The summed E-state index contributed by atoms with van der Waals surface area (Å²) in [5, 5.41) is 5.72. The van der Waals surface area contributed by atoms with Gasteiger partial charge in [-0.25, -0.2) is 9.78 Å². The Hall–Kier alpha value is -2.21. The Balaban J connectivity index is 1.69. The first-order valence-corrected chi connectivity index (χ1v) is 10.1. The monoisotopic (exact) mass is 388 g/mol. The fraction of sp³-hybridized carbons (Fsp3) is 0.476. The molecule has 0 bridgehead atoms. The van der Waals surface area contributed by atoms with Crippen LogP contribution in [0.5, 0.6) is 0 Å². The molecule has 1 aromatic heterocycles. The Kier molecular flexibility index (Phi) is 7.54. The van der Waals surface area contributed by atoms with Gasteiger partial charge in [0.15, 0.2) is 5.78 Å². The minimum absolute atomic E-state index is 0.0000544. The van der Waals surface area contributed by atoms with Crippen molar-refractivity contribution in [1.82, 2.24) is 10.3 Å². The first-order valence-electron chi connectivity index (χ1n) is 9.18. The number of nitrogens with one attached hydrogen (secondary N) is 1. The van der Waals surface area contributed by atoms with Gasteiger partial charge in [-0.2, -0.15) is 0 Å². The maximum absolute atomic E-state index is 11.9. The highest BCUT2D eigenvalue weighted by Crippen LogP contribution is 2.13. The van der Waals surface area contributed by atoms with Gasteiger partial charge in [-0.3, -0.25) is 4.79 Å². The molecular weight excluding hydrogens is 360 g/mol. The third kappa shape index (κ3) is 8.35. The summed E-state index contributed by atoms with van der Waals surface area (Å²) in [6.45, 7) is 7.38. The topological polar surface area (TPSA) is 68.3 Å². The first kappa shape index (κ1) is 21.1. The molecule has 2 aromatic rings.